The maximum absolute atomic E-state index is 13.1. The van der Waals surface area contributed by atoms with E-state index in [1.165, 1.54) is 30.4 Å². The SMILES string of the molecule is C=CCOC(=O)C1=C(CSC(=N)N)N=C(C)C(C(=O)OCC=C)C1c1cccc([N+](=O)[O-])c1. The van der Waals surface area contributed by atoms with E-state index in [2.05, 4.69) is 18.2 Å². The van der Waals surface area contributed by atoms with Crippen molar-refractivity contribution in [2.45, 2.75) is 12.8 Å². The number of carbonyl (C=O) groups excluding carboxylic acids is 2. The first-order valence-corrected chi connectivity index (χ1v) is 10.7. The molecule has 3 N–H and O–H groups in total. The minimum atomic E-state index is -1.04. The molecule has 10 nitrogen and oxygen atoms in total. The molecule has 0 fully saturated rings. The van der Waals surface area contributed by atoms with Crippen molar-refractivity contribution in [1.29, 1.82) is 5.41 Å². The number of carbonyl (C=O) groups is 2. The van der Waals surface area contributed by atoms with Gasteiger partial charge in [-0.3, -0.25) is 25.3 Å². The standard InChI is InChI=1S/C22H24N4O6S/c1-4-9-31-20(27)17-13(3)25-16(12-33-22(23)24)19(21(28)32-10-5-2)18(17)14-7-6-8-15(11-14)26(29)30/h4-8,11,17-18H,1-2,9-10,12H2,3H3,(H3,23,24). The van der Waals surface area contributed by atoms with Gasteiger partial charge in [-0.05, 0) is 12.5 Å². The molecule has 0 aliphatic carbocycles. The molecule has 1 aliphatic heterocycles. The van der Waals surface area contributed by atoms with Gasteiger partial charge in [0.25, 0.3) is 5.69 Å². The van der Waals surface area contributed by atoms with Gasteiger partial charge in [0.15, 0.2) is 5.17 Å². The lowest BCUT2D eigenvalue weighted by molar-refractivity contribution is -0.384. The van der Waals surface area contributed by atoms with E-state index < -0.39 is 28.7 Å². The van der Waals surface area contributed by atoms with Crippen LogP contribution in [0.25, 0.3) is 0 Å². The van der Waals surface area contributed by atoms with E-state index in [1.54, 1.807) is 13.0 Å². The van der Waals surface area contributed by atoms with Gasteiger partial charge in [-0.15, -0.1) is 0 Å². The first-order valence-electron chi connectivity index (χ1n) is 9.76. The van der Waals surface area contributed by atoms with E-state index >= 15 is 0 Å². The van der Waals surface area contributed by atoms with E-state index in [9.17, 15) is 19.7 Å². The molecule has 1 aromatic carbocycles. The summed E-state index contributed by atoms with van der Waals surface area (Å²) in [6, 6.07) is 5.66. The Labute approximate surface area is 194 Å². The second-order valence-corrected chi connectivity index (χ2v) is 7.90. The third kappa shape index (κ3) is 6.39. The lowest BCUT2D eigenvalue weighted by Gasteiger charge is -2.32. The molecule has 0 radical (unpaired) electrons. The van der Waals surface area contributed by atoms with E-state index in [-0.39, 0.29) is 41.1 Å². The Bertz CT molecular complexity index is 1050. The Kier molecular flexibility index (Phi) is 9.10. The molecule has 1 heterocycles. The Hall–Kier alpha value is -3.73. The zero-order valence-corrected chi connectivity index (χ0v) is 18.8. The van der Waals surface area contributed by atoms with Gasteiger partial charge in [0.2, 0.25) is 0 Å². The van der Waals surface area contributed by atoms with E-state index in [0.717, 1.165) is 11.8 Å². The van der Waals surface area contributed by atoms with Crippen LogP contribution < -0.4 is 5.73 Å². The van der Waals surface area contributed by atoms with Crippen LogP contribution in [-0.2, 0) is 19.1 Å². The highest BCUT2D eigenvalue weighted by molar-refractivity contribution is 8.13. The third-order valence-electron chi connectivity index (χ3n) is 4.67. The summed E-state index contributed by atoms with van der Waals surface area (Å²) in [5.41, 5.74) is 6.24. The summed E-state index contributed by atoms with van der Waals surface area (Å²) in [5, 5.41) is 18.7. The fourth-order valence-electron chi connectivity index (χ4n) is 3.37. The predicted octanol–water partition coefficient (Wildman–Crippen LogP) is 3.11. The number of aliphatic imine (C=N–C) groups is 1. The Morgan fingerprint density at radius 1 is 1.30 bits per heavy atom. The molecule has 2 unspecified atom stereocenters. The number of hydrogen-bond acceptors (Lipinski definition) is 9. The maximum Gasteiger partial charge on any atom is 0.336 e. The van der Waals surface area contributed by atoms with E-state index in [0.29, 0.717) is 11.3 Å². The molecule has 0 bridgehead atoms. The number of amidine groups is 1. The van der Waals surface area contributed by atoms with Gasteiger partial charge in [0.05, 0.1) is 16.2 Å². The van der Waals surface area contributed by atoms with Crippen LogP contribution in [0.3, 0.4) is 0 Å². The molecule has 0 amide bonds. The lowest BCUT2D eigenvalue weighted by atomic mass is 9.75. The molecule has 33 heavy (non-hydrogen) atoms. The molecule has 174 valence electrons. The zero-order chi connectivity index (χ0) is 24.5. The van der Waals surface area contributed by atoms with Crippen LogP contribution in [0.5, 0.6) is 0 Å². The average molecular weight is 473 g/mol. The van der Waals surface area contributed by atoms with Crippen molar-refractivity contribution in [3.63, 3.8) is 0 Å². The van der Waals surface area contributed by atoms with Gasteiger partial charge in [0.1, 0.15) is 19.1 Å². The highest BCUT2D eigenvalue weighted by Crippen LogP contribution is 2.41. The highest BCUT2D eigenvalue weighted by atomic mass is 32.2. The minimum Gasteiger partial charge on any atom is -0.461 e. The van der Waals surface area contributed by atoms with Crippen molar-refractivity contribution >= 4 is 40.3 Å². The van der Waals surface area contributed by atoms with Crippen LogP contribution in [0, 0.1) is 21.4 Å². The molecule has 1 aliphatic rings. The number of hydrogen-bond donors (Lipinski definition) is 2. The van der Waals surface area contributed by atoms with Crippen LogP contribution in [0.4, 0.5) is 5.69 Å². The topological polar surface area (TPSA) is 158 Å². The van der Waals surface area contributed by atoms with Crippen molar-refractivity contribution in [2.24, 2.45) is 16.6 Å². The molecule has 0 spiro atoms. The first kappa shape index (κ1) is 25.5. The van der Waals surface area contributed by atoms with Crippen LogP contribution in [0.2, 0.25) is 0 Å². The van der Waals surface area contributed by atoms with Crippen LogP contribution in [0.15, 0.2) is 65.8 Å². The zero-order valence-electron chi connectivity index (χ0n) is 18.0. The number of non-ortho nitro benzene ring substituents is 1. The van der Waals surface area contributed by atoms with Gasteiger partial charge in [-0.2, -0.15) is 0 Å². The van der Waals surface area contributed by atoms with Crippen molar-refractivity contribution in [1.82, 2.24) is 0 Å². The summed E-state index contributed by atoms with van der Waals surface area (Å²) in [4.78, 5) is 41.4. The van der Waals surface area contributed by atoms with Crippen molar-refractivity contribution in [3.05, 3.63) is 76.5 Å². The first-order chi connectivity index (χ1) is 15.7. The maximum atomic E-state index is 13.1. The lowest BCUT2D eigenvalue weighted by Crippen LogP contribution is -2.37. The van der Waals surface area contributed by atoms with Crippen molar-refractivity contribution in [3.8, 4) is 0 Å². The number of benzene rings is 1. The van der Waals surface area contributed by atoms with Gasteiger partial charge < -0.3 is 15.2 Å². The van der Waals surface area contributed by atoms with Gasteiger partial charge in [-0.25, -0.2) is 4.79 Å². The number of nitrogens with one attached hydrogen (secondary N) is 1. The number of esters is 2. The smallest absolute Gasteiger partial charge is 0.336 e. The molecule has 11 heteroatoms. The number of thioether (sulfide) groups is 1. The summed E-state index contributed by atoms with van der Waals surface area (Å²) in [6.07, 6.45) is 2.79. The molecular formula is C22H24N4O6S. The van der Waals surface area contributed by atoms with Gasteiger partial charge in [-0.1, -0.05) is 49.2 Å². The number of nitrogens with two attached hydrogens (primary N) is 1. The molecular weight excluding hydrogens is 448 g/mol. The Morgan fingerprint density at radius 3 is 2.58 bits per heavy atom. The summed E-state index contributed by atoms with van der Waals surface area (Å²) < 4.78 is 10.5. The van der Waals surface area contributed by atoms with Crippen molar-refractivity contribution in [2.75, 3.05) is 19.0 Å². The van der Waals surface area contributed by atoms with Crippen LogP contribution in [-0.4, -0.2) is 46.7 Å². The van der Waals surface area contributed by atoms with Crippen molar-refractivity contribution < 1.29 is 24.0 Å². The van der Waals surface area contributed by atoms with Gasteiger partial charge in [0, 0.05) is 29.5 Å². The monoisotopic (exact) mass is 472 g/mol. The molecule has 1 aromatic rings. The third-order valence-corrected chi connectivity index (χ3v) is 5.40. The Morgan fingerprint density at radius 2 is 1.97 bits per heavy atom. The molecule has 0 saturated heterocycles. The van der Waals surface area contributed by atoms with Gasteiger partial charge >= 0.3 is 11.9 Å². The molecule has 0 saturated carbocycles. The highest BCUT2D eigenvalue weighted by Gasteiger charge is 2.43. The van der Waals surface area contributed by atoms with Crippen LogP contribution >= 0.6 is 11.8 Å². The second kappa shape index (κ2) is 11.8. The summed E-state index contributed by atoms with van der Waals surface area (Å²) in [6.45, 7) is 8.51. The minimum absolute atomic E-state index is 0.0391. The van der Waals surface area contributed by atoms with Crippen LogP contribution in [0.1, 0.15) is 18.4 Å². The second-order valence-electron chi connectivity index (χ2n) is 6.88. The number of nitro benzene ring substituents is 1. The number of rotatable bonds is 10. The summed E-state index contributed by atoms with van der Waals surface area (Å²) >= 11 is 0.944. The quantitative estimate of drug-likeness (QED) is 0.131. The summed E-state index contributed by atoms with van der Waals surface area (Å²) in [7, 11) is 0. The number of nitro groups is 1. The molecule has 2 rings (SSSR count). The fraction of sp³-hybridized carbons (Fsp3) is 0.273. The average Bonchev–Trinajstić information content (AvgIpc) is 2.78. The van der Waals surface area contributed by atoms with E-state index in [4.69, 9.17) is 20.6 Å². The molecule has 2 atom stereocenters. The Balaban J connectivity index is 2.73. The largest absolute Gasteiger partial charge is 0.461 e. The summed E-state index contributed by atoms with van der Waals surface area (Å²) in [5.74, 6) is -3.38. The van der Waals surface area contributed by atoms with E-state index in [1.807, 2.05) is 0 Å². The fourth-order valence-corrected chi connectivity index (χ4v) is 3.88. The number of nitrogens with zero attached hydrogens (tertiary/aromatic N) is 2. The predicted molar refractivity (Wildman–Crippen MR) is 126 cm³/mol. The normalized spacial score (nSPS) is 17.5. The molecule has 0 aromatic heterocycles. The number of ether oxygens (including phenoxy) is 2.